The third-order valence-corrected chi connectivity index (χ3v) is 5.83. The topological polar surface area (TPSA) is 58.1 Å². The molecule has 1 saturated heterocycles. The Morgan fingerprint density at radius 2 is 1.59 bits per heavy atom. The smallest absolute Gasteiger partial charge is 0.256 e. The minimum absolute atomic E-state index is 0.146. The van der Waals surface area contributed by atoms with Crippen LogP contribution in [-0.4, -0.2) is 29.2 Å². The van der Waals surface area contributed by atoms with Crippen LogP contribution in [0.25, 0.3) is 11.3 Å². The second kappa shape index (κ2) is 9.18. The van der Waals surface area contributed by atoms with E-state index in [1.165, 1.54) is 25.7 Å². The summed E-state index contributed by atoms with van der Waals surface area (Å²) >= 11 is 3.41. The van der Waals surface area contributed by atoms with Gasteiger partial charge in [0.2, 0.25) is 0 Å². The molecule has 0 unspecified atom stereocenters. The molecule has 0 spiro atoms. The molecule has 0 radical (unpaired) electrons. The highest BCUT2D eigenvalue weighted by atomic mass is 79.9. The van der Waals surface area contributed by atoms with E-state index in [2.05, 4.69) is 42.4 Å². The van der Waals surface area contributed by atoms with E-state index in [1.807, 2.05) is 48.5 Å². The van der Waals surface area contributed by atoms with Crippen LogP contribution in [0.1, 0.15) is 36.0 Å². The van der Waals surface area contributed by atoms with Gasteiger partial charge in [-0.1, -0.05) is 37.1 Å². The molecule has 1 aromatic heterocycles. The molecule has 0 saturated carbocycles. The third-order valence-electron chi connectivity index (χ3n) is 5.14. The zero-order chi connectivity index (χ0) is 20.1. The highest BCUT2D eigenvalue weighted by Gasteiger charge is 2.12. The van der Waals surface area contributed by atoms with Crippen LogP contribution in [0.5, 0.6) is 0 Å². The van der Waals surface area contributed by atoms with E-state index in [4.69, 9.17) is 0 Å². The maximum atomic E-state index is 12.4. The van der Waals surface area contributed by atoms with Gasteiger partial charge in [0.05, 0.1) is 11.3 Å². The summed E-state index contributed by atoms with van der Waals surface area (Å²) in [7, 11) is 0. The average molecular weight is 451 g/mol. The molecule has 0 bridgehead atoms. The largest absolute Gasteiger partial charge is 0.355 e. The molecule has 1 N–H and O–H groups in total. The molecule has 1 fully saturated rings. The fraction of sp³-hybridized carbons (Fsp3) is 0.261. The van der Waals surface area contributed by atoms with Gasteiger partial charge in [-0.2, -0.15) is 0 Å². The standard InChI is InChI=1S/C23H23BrN4O/c24-20-8-4-3-7-19(20)23(29)25-18-11-9-17(10-12-18)21-13-14-22(27-26-21)28-15-5-1-2-6-16-28/h3-4,7-14H,1-2,5-6,15-16H2,(H,25,29). The number of carbonyl (C=O) groups excluding carboxylic acids is 1. The van der Waals surface area contributed by atoms with E-state index in [-0.39, 0.29) is 5.91 Å². The van der Waals surface area contributed by atoms with Crippen molar-refractivity contribution < 1.29 is 4.79 Å². The van der Waals surface area contributed by atoms with Crippen molar-refractivity contribution in [1.82, 2.24) is 10.2 Å². The minimum atomic E-state index is -0.146. The summed E-state index contributed by atoms with van der Waals surface area (Å²) in [5.41, 5.74) is 3.14. The van der Waals surface area contributed by atoms with Gasteiger partial charge in [0.15, 0.2) is 5.82 Å². The Bertz CT molecular complexity index is 965. The van der Waals surface area contributed by atoms with Crippen molar-refractivity contribution >= 4 is 33.3 Å². The molecule has 5 nitrogen and oxygen atoms in total. The van der Waals surface area contributed by atoms with Crippen molar-refractivity contribution in [3.05, 3.63) is 70.7 Å². The first-order valence-electron chi connectivity index (χ1n) is 9.96. The zero-order valence-corrected chi connectivity index (χ0v) is 17.7. The Balaban J connectivity index is 1.43. The van der Waals surface area contributed by atoms with Gasteiger partial charge >= 0.3 is 0 Å². The first-order valence-corrected chi connectivity index (χ1v) is 10.7. The normalized spacial score (nSPS) is 14.3. The number of nitrogens with zero attached hydrogens (tertiary/aromatic N) is 3. The van der Waals surface area contributed by atoms with Crippen molar-refractivity contribution in [2.24, 2.45) is 0 Å². The highest BCUT2D eigenvalue weighted by Crippen LogP contribution is 2.23. The number of anilines is 2. The number of halogens is 1. The fourth-order valence-corrected chi connectivity index (χ4v) is 3.98. The van der Waals surface area contributed by atoms with E-state index in [9.17, 15) is 4.79 Å². The zero-order valence-electron chi connectivity index (χ0n) is 16.1. The van der Waals surface area contributed by atoms with Gasteiger partial charge in [-0.3, -0.25) is 4.79 Å². The molecule has 0 aliphatic carbocycles. The van der Waals surface area contributed by atoms with Gasteiger partial charge in [-0.25, -0.2) is 0 Å². The second-order valence-electron chi connectivity index (χ2n) is 7.19. The average Bonchev–Trinajstić information content (AvgIpc) is 3.04. The molecular formula is C23H23BrN4O. The summed E-state index contributed by atoms with van der Waals surface area (Å²) in [6.07, 6.45) is 5.03. The number of carbonyl (C=O) groups is 1. The van der Waals surface area contributed by atoms with E-state index in [0.29, 0.717) is 5.56 Å². The van der Waals surface area contributed by atoms with Crippen molar-refractivity contribution in [1.29, 1.82) is 0 Å². The first kappa shape index (κ1) is 19.6. The number of hydrogen-bond acceptors (Lipinski definition) is 4. The minimum Gasteiger partial charge on any atom is -0.355 e. The van der Waals surface area contributed by atoms with Crippen LogP contribution in [0, 0.1) is 0 Å². The van der Waals surface area contributed by atoms with Crippen LogP contribution in [0.4, 0.5) is 11.5 Å². The lowest BCUT2D eigenvalue weighted by molar-refractivity contribution is 0.102. The maximum absolute atomic E-state index is 12.4. The molecule has 6 heteroatoms. The summed E-state index contributed by atoms with van der Waals surface area (Å²) in [6, 6.07) is 19.1. The number of hydrogen-bond donors (Lipinski definition) is 1. The Hall–Kier alpha value is -2.73. The third kappa shape index (κ3) is 4.82. The monoisotopic (exact) mass is 450 g/mol. The van der Waals surface area contributed by atoms with E-state index < -0.39 is 0 Å². The van der Waals surface area contributed by atoms with Crippen LogP contribution in [0.3, 0.4) is 0 Å². The van der Waals surface area contributed by atoms with Crippen molar-refractivity contribution in [3.8, 4) is 11.3 Å². The quantitative estimate of drug-likeness (QED) is 0.566. The van der Waals surface area contributed by atoms with Crippen LogP contribution in [-0.2, 0) is 0 Å². The number of nitrogens with one attached hydrogen (secondary N) is 1. The number of aromatic nitrogens is 2. The lowest BCUT2D eigenvalue weighted by atomic mass is 10.1. The van der Waals surface area contributed by atoms with Gasteiger partial charge in [-0.15, -0.1) is 10.2 Å². The Kier molecular flexibility index (Phi) is 6.20. The SMILES string of the molecule is O=C(Nc1ccc(-c2ccc(N3CCCCCC3)nn2)cc1)c1ccccc1Br. The van der Waals surface area contributed by atoms with Crippen LogP contribution < -0.4 is 10.2 Å². The van der Waals surface area contributed by atoms with Crippen LogP contribution in [0.15, 0.2) is 65.1 Å². The molecule has 1 amide bonds. The lowest BCUT2D eigenvalue weighted by Crippen LogP contribution is -2.25. The maximum Gasteiger partial charge on any atom is 0.256 e. The lowest BCUT2D eigenvalue weighted by Gasteiger charge is -2.20. The number of benzene rings is 2. The van der Waals surface area contributed by atoms with Crippen LogP contribution in [0.2, 0.25) is 0 Å². The summed E-state index contributed by atoms with van der Waals surface area (Å²) in [6.45, 7) is 2.11. The molecule has 2 aromatic carbocycles. The van der Waals surface area contributed by atoms with Gasteiger partial charge in [0.1, 0.15) is 0 Å². The number of amides is 1. The molecule has 1 aliphatic rings. The Morgan fingerprint density at radius 3 is 2.24 bits per heavy atom. The predicted molar refractivity (Wildman–Crippen MR) is 120 cm³/mol. The van der Waals surface area contributed by atoms with Gasteiger partial charge in [0.25, 0.3) is 5.91 Å². The van der Waals surface area contributed by atoms with Crippen molar-refractivity contribution in [2.45, 2.75) is 25.7 Å². The molecule has 1 aliphatic heterocycles. The van der Waals surface area contributed by atoms with E-state index in [0.717, 1.165) is 40.3 Å². The fourth-order valence-electron chi connectivity index (χ4n) is 3.52. The molecule has 2 heterocycles. The van der Waals surface area contributed by atoms with Gasteiger partial charge < -0.3 is 10.2 Å². The molecule has 0 atom stereocenters. The Morgan fingerprint density at radius 1 is 0.862 bits per heavy atom. The number of rotatable bonds is 4. The summed E-state index contributed by atoms with van der Waals surface area (Å²) in [5.74, 6) is 0.805. The predicted octanol–water partition coefficient (Wildman–Crippen LogP) is 5.54. The summed E-state index contributed by atoms with van der Waals surface area (Å²) < 4.78 is 0.772. The summed E-state index contributed by atoms with van der Waals surface area (Å²) in [5, 5.41) is 11.8. The molecular weight excluding hydrogens is 428 g/mol. The summed E-state index contributed by atoms with van der Waals surface area (Å²) in [4.78, 5) is 14.8. The molecule has 148 valence electrons. The second-order valence-corrected chi connectivity index (χ2v) is 8.04. The molecule has 29 heavy (non-hydrogen) atoms. The molecule has 3 aromatic rings. The highest BCUT2D eigenvalue weighted by molar-refractivity contribution is 9.10. The Labute approximate surface area is 179 Å². The van der Waals surface area contributed by atoms with Crippen LogP contribution >= 0.6 is 15.9 Å². The van der Waals surface area contributed by atoms with E-state index in [1.54, 1.807) is 6.07 Å². The van der Waals surface area contributed by atoms with Crippen molar-refractivity contribution in [3.63, 3.8) is 0 Å². The van der Waals surface area contributed by atoms with Crippen molar-refractivity contribution in [2.75, 3.05) is 23.3 Å². The van der Waals surface area contributed by atoms with E-state index >= 15 is 0 Å². The molecule has 4 rings (SSSR count). The first-order chi connectivity index (χ1) is 14.2. The van der Waals surface area contributed by atoms with Gasteiger partial charge in [-0.05, 0) is 65.2 Å². The van der Waals surface area contributed by atoms with Gasteiger partial charge in [0, 0.05) is 28.8 Å².